The summed E-state index contributed by atoms with van der Waals surface area (Å²) in [4.78, 5) is 21.4. The Balaban J connectivity index is 1.39. The van der Waals surface area contributed by atoms with Gasteiger partial charge in [0.05, 0.1) is 18.4 Å². The van der Waals surface area contributed by atoms with Crippen molar-refractivity contribution in [2.75, 3.05) is 22.9 Å². The van der Waals surface area contributed by atoms with E-state index in [1.54, 1.807) is 20.3 Å². The SMILES string of the molecule is Cn1cc(N2Cc3cc(-c4ccc(N5CCCC5)nc4)cn3C2=O)cn1. The first kappa shape index (κ1) is 15.2. The Kier molecular flexibility index (Phi) is 3.34. The number of hydrogen-bond donors (Lipinski definition) is 0. The van der Waals surface area contributed by atoms with Crippen LogP contribution in [-0.2, 0) is 13.6 Å². The van der Waals surface area contributed by atoms with E-state index in [9.17, 15) is 4.79 Å². The second-order valence-corrected chi connectivity index (χ2v) is 6.93. The fourth-order valence-corrected chi connectivity index (χ4v) is 3.77. The summed E-state index contributed by atoms with van der Waals surface area (Å²) in [5.41, 5.74) is 3.87. The number of fused-ring (bicyclic) bond motifs is 1. The van der Waals surface area contributed by atoms with Crippen molar-refractivity contribution in [1.82, 2.24) is 19.3 Å². The first-order valence-electron chi connectivity index (χ1n) is 8.92. The second kappa shape index (κ2) is 5.72. The summed E-state index contributed by atoms with van der Waals surface area (Å²) in [5.74, 6) is 1.04. The molecule has 7 heteroatoms. The van der Waals surface area contributed by atoms with Crippen molar-refractivity contribution < 1.29 is 4.79 Å². The predicted molar refractivity (Wildman–Crippen MR) is 99.3 cm³/mol. The van der Waals surface area contributed by atoms with Gasteiger partial charge in [0.25, 0.3) is 0 Å². The van der Waals surface area contributed by atoms with Gasteiger partial charge >= 0.3 is 6.03 Å². The van der Waals surface area contributed by atoms with Gasteiger partial charge in [-0.1, -0.05) is 0 Å². The summed E-state index contributed by atoms with van der Waals surface area (Å²) in [5, 5.41) is 4.15. The first-order valence-corrected chi connectivity index (χ1v) is 8.92. The van der Waals surface area contributed by atoms with Crippen molar-refractivity contribution in [3.8, 4) is 11.1 Å². The lowest BCUT2D eigenvalue weighted by Gasteiger charge is -2.16. The van der Waals surface area contributed by atoms with Crippen molar-refractivity contribution >= 4 is 17.5 Å². The van der Waals surface area contributed by atoms with Crippen LogP contribution in [0.25, 0.3) is 11.1 Å². The van der Waals surface area contributed by atoms with Crippen molar-refractivity contribution in [3.05, 3.63) is 48.7 Å². The van der Waals surface area contributed by atoms with Crippen LogP contribution in [0.1, 0.15) is 18.5 Å². The highest BCUT2D eigenvalue weighted by Crippen LogP contribution is 2.30. The number of aromatic nitrogens is 4. The van der Waals surface area contributed by atoms with Crippen molar-refractivity contribution in [2.45, 2.75) is 19.4 Å². The molecule has 2 aliphatic rings. The molecule has 132 valence electrons. The molecule has 26 heavy (non-hydrogen) atoms. The van der Waals surface area contributed by atoms with Crippen LogP contribution in [0.3, 0.4) is 0 Å². The molecule has 1 saturated heterocycles. The van der Waals surface area contributed by atoms with Crippen LogP contribution in [-0.4, -0.2) is 38.5 Å². The fourth-order valence-electron chi connectivity index (χ4n) is 3.77. The normalized spacial score (nSPS) is 16.6. The number of nitrogens with zero attached hydrogens (tertiary/aromatic N) is 6. The zero-order valence-corrected chi connectivity index (χ0v) is 14.7. The zero-order valence-electron chi connectivity index (χ0n) is 14.7. The quantitative estimate of drug-likeness (QED) is 0.730. The molecule has 2 aliphatic heterocycles. The molecule has 0 atom stereocenters. The lowest BCUT2D eigenvalue weighted by Crippen LogP contribution is -2.25. The third kappa shape index (κ3) is 2.39. The van der Waals surface area contributed by atoms with Crippen LogP contribution in [0.15, 0.2) is 43.0 Å². The van der Waals surface area contributed by atoms with E-state index in [0.717, 1.165) is 41.4 Å². The molecule has 3 aromatic rings. The van der Waals surface area contributed by atoms with Gasteiger partial charge in [0.2, 0.25) is 0 Å². The van der Waals surface area contributed by atoms with E-state index < -0.39 is 0 Å². The maximum absolute atomic E-state index is 12.7. The van der Waals surface area contributed by atoms with Crippen molar-refractivity contribution in [3.63, 3.8) is 0 Å². The van der Waals surface area contributed by atoms with Gasteiger partial charge in [-0.2, -0.15) is 5.10 Å². The molecule has 5 rings (SSSR count). The Morgan fingerprint density at radius 1 is 1.04 bits per heavy atom. The number of amides is 1. The third-order valence-corrected chi connectivity index (χ3v) is 5.17. The van der Waals surface area contributed by atoms with Gasteiger partial charge in [-0.3, -0.25) is 14.1 Å². The largest absolute Gasteiger partial charge is 0.357 e. The van der Waals surface area contributed by atoms with E-state index in [-0.39, 0.29) is 6.03 Å². The lowest BCUT2D eigenvalue weighted by atomic mass is 10.1. The topological polar surface area (TPSA) is 59.2 Å². The number of aryl methyl sites for hydroxylation is 1. The van der Waals surface area contributed by atoms with Gasteiger partial charge < -0.3 is 4.90 Å². The maximum atomic E-state index is 12.7. The number of hydrogen-bond acceptors (Lipinski definition) is 4. The molecule has 3 aromatic heterocycles. The van der Waals surface area contributed by atoms with Crippen LogP contribution in [0.4, 0.5) is 16.3 Å². The van der Waals surface area contributed by atoms with Gasteiger partial charge in [0.15, 0.2) is 0 Å². The highest BCUT2D eigenvalue weighted by molar-refractivity contribution is 5.97. The molecule has 1 fully saturated rings. The molecule has 7 nitrogen and oxygen atoms in total. The molecule has 0 radical (unpaired) electrons. The Bertz CT molecular complexity index is 964. The Morgan fingerprint density at radius 3 is 2.54 bits per heavy atom. The van der Waals surface area contributed by atoms with Crippen LogP contribution < -0.4 is 9.80 Å². The van der Waals surface area contributed by atoms with E-state index in [2.05, 4.69) is 33.2 Å². The molecule has 0 spiro atoms. The average Bonchev–Trinajstić information content (AvgIpc) is 3.41. The molecule has 0 saturated carbocycles. The summed E-state index contributed by atoms with van der Waals surface area (Å²) in [6, 6.07) is 6.20. The van der Waals surface area contributed by atoms with E-state index in [4.69, 9.17) is 0 Å². The predicted octanol–water partition coefficient (Wildman–Crippen LogP) is 2.87. The van der Waals surface area contributed by atoms with Gasteiger partial charge in [0, 0.05) is 55.5 Å². The van der Waals surface area contributed by atoms with Gasteiger partial charge in [-0.05, 0) is 31.0 Å². The molecule has 0 unspecified atom stereocenters. The molecule has 0 aromatic carbocycles. The summed E-state index contributed by atoms with van der Waals surface area (Å²) in [6.07, 6.45) is 9.86. The minimum Gasteiger partial charge on any atom is -0.357 e. The molecular weight excluding hydrogens is 328 g/mol. The smallest absolute Gasteiger partial charge is 0.333 e. The standard InChI is InChI=1S/C19H20N6O/c1-22-12-17(10-21-22)25-13-16-8-15(11-24(16)19(25)26)14-4-5-18(20-9-14)23-6-2-3-7-23/h4-5,8-12H,2-3,6-7,13H2,1H3. The number of pyridine rings is 1. The molecule has 0 N–H and O–H groups in total. The van der Waals surface area contributed by atoms with E-state index in [1.807, 2.05) is 25.6 Å². The fraction of sp³-hybridized carbons (Fsp3) is 0.316. The summed E-state index contributed by atoms with van der Waals surface area (Å²) in [6.45, 7) is 2.74. The van der Waals surface area contributed by atoms with E-state index >= 15 is 0 Å². The van der Waals surface area contributed by atoms with E-state index in [0.29, 0.717) is 6.54 Å². The average molecular weight is 348 g/mol. The highest BCUT2D eigenvalue weighted by atomic mass is 16.2. The van der Waals surface area contributed by atoms with Gasteiger partial charge in [-0.15, -0.1) is 0 Å². The molecule has 0 bridgehead atoms. The second-order valence-electron chi connectivity index (χ2n) is 6.93. The molecule has 5 heterocycles. The van der Waals surface area contributed by atoms with Crippen LogP contribution in [0.2, 0.25) is 0 Å². The minimum absolute atomic E-state index is 0.0408. The number of carbonyl (C=O) groups excluding carboxylic acids is 1. The molecule has 0 aliphatic carbocycles. The molecule has 1 amide bonds. The maximum Gasteiger partial charge on any atom is 0.333 e. The zero-order chi connectivity index (χ0) is 17.7. The van der Waals surface area contributed by atoms with Crippen LogP contribution >= 0.6 is 0 Å². The number of rotatable bonds is 3. The van der Waals surface area contributed by atoms with Crippen molar-refractivity contribution in [2.24, 2.45) is 7.05 Å². The Morgan fingerprint density at radius 2 is 1.88 bits per heavy atom. The van der Waals surface area contributed by atoms with E-state index in [1.165, 1.54) is 12.8 Å². The summed E-state index contributed by atoms with van der Waals surface area (Å²) < 4.78 is 3.42. The number of anilines is 2. The summed E-state index contributed by atoms with van der Waals surface area (Å²) in [7, 11) is 1.85. The molecular formula is C19H20N6O. The first-order chi connectivity index (χ1) is 12.7. The van der Waals surface area contributed by atoms with Gasteiger partial charge in [0.1, 0.15) is 5.82 Å². The summed E-state index contributed by atoms with van der Waals surface area (Å²) >= 11 is 0. The van der Waals surface area contributed by atoms with Crippen LogP contribution in [0.5, 0.6) is 0 Å². The highest BCUT2D eigenvalue weighted by Gasteiger charge is 2.29. The number of carbonyl (C=O) groups is 1. The monoisotopic (exact) mass is 348 g/mol. The minimum atomic E-state index is -0.0408. The third-order valence-electron chi connectivity index (χ3n) is 5.17. The van der Waals surface area contributed by atoms with Crippen LogP contribution in [0, 0.1) is 0 Å². The van der Waals surface area contributed by atoms with Gasteiger partial charge in [-0.25, -0.2) is 9.78 Å². The Hall–Kier alpha value is -3.09. The van der Waals surface area contributed by atoms with Crippen molar-refractivity contribution in [1.29, 1.82) is 0 Å². The Labute approximate surface area is 151 Å². The lowest BCUT2D eigenvalue weighted by molar-refractivity contribution is 0.251.